The van der Waals surface area contributed by atoms with Crippen molar-refractivity contribution < 1.29 is 19.1 Å². The molecule has 1 fully saturated rings. The molecule has 23 heavy (non-hydrogen) atoms. The normalized spacial score (nSPS) is 17.6. The number of halogens is 1. The number of esters is 1. The molecule has 1 aromatic carbocycles. The third-order valence-corrected chi connectivity index (χ3v) is 4.08. The van der Waals surface area contributed by atoms with Crippen LogP contribution < -0.4 is 11.5 Å². The van der Waals surface area contributed by atoms with Crippen LogP contribution in [0.3, 0.4) is 0 Å². The molecular formula is C15H18ClN3O4. The lowest BCUT2D eigenvalue weighted by Crippen LogP contribution is -2.45. The van der Waals surface area contributed by atoms with Gasteiger partial charge in [0.1, 0.15) is 0 Å². The van der Waals surface area contributed by atoms with Crippen molar-refractivity contribution in [2.45, 2.75) is 12.8 Å². The smallest absolute Gasteiger partial charge is 0.338 e. The predicted molar refractivity (Wildman–Crippen MR) is 84.6 cm³/mol. The highest BCUT2D eigenvalue weighted by Gasteiger charge is 2.27. The second kappa shape index (κ2) is 7.32. The van der Waals surface area contributed by atoms with E-state index in [1.54, 1.807) is 0 Å². The largest absolute Gasteiger partial charge is 0.452 e. The third-order valence-electron chi connectivity index (χ3n) is 3.73. The molecule has 0 unspecified atom stereocenters. The first-order valence-electron chi connectivity index (χ1n) is 7.17. The maximum absolute atomic E-state index is 12.1. The number of rotatable bonds is 4. The van der Waals surface area contributed by atoms with Crippen LogP contribution in [0.15, 0.2) is 18.2 Å². The molecule has 1 aromatic rings. The van der Waals surface area contributed by atoms with E-state index in [2.05, 4.69) is 0 Å². The fourth-order valence-corrected chi connectivity index (χ4v) is 2.53. The van der Waals surface area contributed by atoms with E-state index in [9.17, 15) is 14.4 Å². The summed E-state index contributed by atoms with van der Waals surface area (Å²) in [4.78, 5) is 36.7. The number of carbonyl (C=O) groups is 3. The lowest BCUT2D eigenvalue weighted by atomic mass is 9.97. The van der Waals surface area contributed by atoms with Gasteiger partial charge in [0.15, 0.2) is 6.61 Å². The van der Waals surface area contributed by atoms with Crippen molar-refractivity contribution in [1.82, 2.24) is 4.90 Å². The van der Waals surface area contributed by atoms with E-state index in [4.69, 9.17) is 27.8 Å². The molecule has 0 radical (unpaired) electrons. The van der Waals surface area contributed by atoms with Gasteiger partial charge in [0.25, 0.3) is 5.91 Å². The van der Waals surface area contributed by atoms with Crippen molar-refractivity contribution >= 4 is 35.1 Å². The molecule has 1 saturated heterocycles. The SMILES string of the molecule is NC(=O)[C@@H]1CCCN(C(=O)COC(=O)c2ccc(Cl)c(N)c2)C1. The summed E-state index contributed by atoms with van der Waals surface area (Å²) in [6, 6.07) is 4.34. The molecule has 7 nitrogen and oxygen atoms in total. The van der Waals surface area contributed by atoms with Crippen LogP contribution in [0, 0.1) is 5.92 Å². The Labute approximate surface area is 138 Å². The summed E-state index contributed by atoms with van der Waals surface area (Å²) in [6.45, 7) is 0.389. The summed E-state index contributed by atoms with van der Waals surface area (Å²) in [7, 11) is 0. The molecule has 1 heterocycles. The highest BCUT2D eigenvalue weighted by Crippen LogP contribution is 2.20. The topological polar surface area (TPSA) is 116 Å². The maximum Gasteiger partial charge on any atom is 0.338 e. The fraction of sp³-hybridized carbons (Fsp3) is 0.400. The number of nitrogens with two attached hydrogens (primary N) is 2. The highest BCUT2D eigenvalue weighted by molar-refractivity contribution is 6.33. The zero-order valence-corrected chi connectivity index (χ0v) is 13.2. The average molecular weight is 340 g/mol. The predicted octanol–water partition coefficient (Wildman–Crippen LogP) is 0.803. The van der Waals surface area contributed by atoms with Gasteiger partial charge in [0.2, 0.25) is 5.91 Å². The Balaban J connectivity index is 1.89. The zero-order valence-electron chi connectivity index (χ0n) is 12.5. The first kappa shape index (κ1) is 17.1. The number of benzene rings is 1. The minimum atomic E-state index is -0.662. The van der Waals surface area contributed by atoms with Gasteiger partial charge in [-0.3, -0.25) is 9.59 Å². The number of carbonyl (C=O) groups excluding carboxylic acids is 3. The second-order valence-electron chi connectivity index (χ2n) is 5.39. The van der Waals surface area contributed by atoms with Crippen LogP contribution in [-0.2, 0) is 14.3 Å². The van der Waals surface area contributed by atoms with Crippen LogP contribution in [-0.4, -0.2) is 42.4 Å². The molecule has 8 heteroatoms. The Kier molecular flexibility index (Phi) is 5.44. The van der Waals surface area contributed by atoms with Gasteiger partial charge in [-0.15, -0.1) is 0 Å². The van der Waals surface area contributed by atoms with Gasteiger partial charge < -0.3 is 21.1 Å². The van der Waals surface area contributed by atoms with Crippen LogP contribution in [0.1, 0.15) is 23.2 Å². The molecule has 2 amide bonds. The zero-order chi connectivity index (χ0) is 17.0. The van der Waals surface area contributed by atoms with Crippen LogP contribution in [0.5, 0.6) is 0 Å². The van der Waals surface area contributed by atoms with Gasteiger partial charge in [-0.2, -0.15) is 0 Å². The van der Waals surface area contributed by atoms with Gasteiger partial charge in [0, 0.05) is 13.1 Å². The van der Waals surface area contributed by atoms with E-state index in [0.29, 0.717) is 24.4 Å². The van der Waals surface area contributed by atoms with Gasteiger partial charge in [0.05, 0.1) is 22.2 Å². The first-order valence-corrected chi connectivity index (χ1v) is 7.55. The summed E-state index contributed by atoms with van der Waals surface area (Å²) >= 11 is 5.78. The Morgan fingerprint density at radius 1 is 1.35 bits per heavy atom. The summed E-state index contributed by atoms with van der Waals surface area (Å²) in [5.74, 6) is -1.79. The van der Waals surface area contributed by atoms with Gasteiger partial charge in [-0.05, 0) is 31.0 Å². The van der Waals surface area contributed by atoms with Gasteiger partial charge in [-0.1, -0.05) is 11.6 Å². The monoisotopic (exact) mass is 339 g/mol. The lowest BCUT2D eigenvalue weighted by molar-refractivity contribution is -0.137. The quantitative estimate of drug-likeness (QED) is 0.622. The second-order valence-corrected chi connectivity index (χ2v) is 5.80. The van der Waals surface area contributed by atoms with E-state index in [-0.39, 0.29) is 29.6 Å². The van der Waals surface area contributed by atoms with E-state index >= 15 is 0 Å². The fourth-order valence-electron chi connectivity index (χ4n) is 2.41. The number of hydrogen-bond donors (Lipinski definition) is 2. The number of primary amides is 1. The van der Waals surface area contributed by atoms with Crippen LogP contribution >= 0.6 is 11.6 Å². The minimum Gasteiger partial charge on any atom is -0.452 e. The number of anilines is 1. The lowest BCUT2D eigenvalue weighted by Gasteiger charge is -2.31. The van der Waals surface area contributed by atoms with Crippen molar-refractivity contribution in [3.8, 4) is 0 Å². The first-order chi connectivity index (χ1) is 10.9. The van der Waals surface area contributed by atoms with Crippen molar-refractivity contribution in [3.05, 3.63) is 28.8 Å². The summed E-state index contributed by atoms with van der Waals surface area (Å²) in [6.07, 6.45) is 1.37. The molecule has 0 aromatic heterocycles. The number of nitrogen functional groups attached to an aromatic ring is 1. The molecule has 1 aliphatic heterocycles. The number of nitrogens with zero attached hydrogens (tertiary/aromatic N) is 1. The minimum absolute atomic E-state index is 0.216. The summed E-state index contributed by atoms with van der Waals surface area (Å²) < 4.78 is 4.99. The van der Waals surface area contributed by atoms with Crippen molar-refractivity contribution in [2.24, 2.45) is 11.7 Å². The Bertz CT molecular complexity index is 635. The molecule has 0 aliphatic carbocycles. The number of hydrogen-bond acceptors (Lipinski definition) is 5. The molecule has 0 saturated carbocycles. The van der Waals surface area contributed by atoms with E-state index in [1.807, 2.05) is 0 Å². The Morgan fingerprint density at radius 3 is 2.74 bits per heavy atom. The molecular weight excluding hydrogens is 322 g/mol. The van der Waals surface area contributed by atoms with Crippen molar-refractivity contribution in [3.63, 3.8) is 0 Å². The number of likely N-dealkylation sites (tertiary alicyclic amines) is 1. The summed E-state index contributed by atoms with van der Waals surface area (Å²) in [5, 5.41) is 0.337. The highest BCUT2D eigenvalue weighted by atomic mass is 35.5. The average Bonchev–Trinajstić information content (AvgIpc) is 2.54. The third kappa shape index (κ3) is 4.35. The molecule has 1 atom stereocenters. The molecule has 0 spiro atoms. The molecule has 2 rings (SSSR count). The molecule has 1 aliphatic rings. The van der Waals surface area contributed by atoms with Crippen LogP contribution in [0.25, 0.3) is 0 Å². The number of piperidine rings is 1. The molecule has 124 valence electrons. The van der Waals surface area contributed by atoms with E-state index in [1.165, 1.54) is 23.1 Å². The Hall–Kier alpha value is -2.28. The standard InChI is InChI=1S/C15H18ClN3O4/c16-11-4-3-9(6-12(11)17)15(22)23-8-13(20)19-5-1-2-10(7-19)14(18)21/h3-4,6,10H,1-2,5,7-8,17H2,(H2,18,21)/t10-/m1/s1. The van der Waals surface area contributed by atoms with E-state index in [0.717, 1.165) is 0 Å². The van der Waals surface area contributed by atoms with Crippen LogP contribution in [0.4, 0.5) is 5.69 Å². The van der Waals surface area contributed by atoms with Crippen LogP contribution in [0.2, 0.25) is 5.02 Å². The molecule has 0 bridgehead atoms. The summed E-state index contributed by atoms with van der Waals surface area (Å²) in [5.41, 5.74) is 11.4. The Morgan fingerprint density at radius 2 is 2.09 bits per heavy atom. The number of ether oxygens (including phenoxy) is 1. The number of amides is 2. The van der Waals surface area contributed by atoms with Crippen molar-refractivity contribution in [1.29, 1.82) is 0 Å². The van der Waals surface area contributed by atoms with Gasteiger partial charge in [-0.25, -0.2) is 4.79 Å². The van der Waals surface area contributed by atoms with E-state index < -0.39 is 18.5 Å². The van der Waals surface area contributed by atoms with Gasteiger partial charge >= 0.3 is 5.97 Å². The maximum atomic E-state index is 12.1. The molecule has 4 N–H and O–H groups in total. The van der Waals surface area contributed by atoms with Crippen molar-refractivity contribution in [2.75, 3.05) is 25.4 Å².